The molecule has 23 heavy (non-hydrogen) atoms. The molecule has 0 radical (unpaired) electrons. The van der Waals surface area contributed by atoms with E-state index in [0.717, 1.165) is 0 Å². The van der Waals surface area contributed by atoms with Crippen molar-refractivity contribution in [2.24, 2.45) is 0 Å². The Morgan fingerprint density at radius 3 is 2.52 bits per heavy atom. The number of ketones is 1. The van der Waals surface area contributed by atoms with Crippen LogP contribution in [0.5, 0.6) is 0 Å². The van der Waals surface area contributed by atoms with Gasteiger partial charge in [-0.3, -0.25) is 14.4 Å². The quantitative estimate of drug-likeness (QED) is 0.727. The van der Waals surface area contributed by atoms with E-state index in [-0.39, 0.29) is 17.0 Å². The average Bonchev–Trinajstić information content (AvgIpc) is 2.55. The van der Waals surface area contributed by atoms with Crippen molar-refractivity contribution in [2.75, 3.05) is 5.32 Å². The van der Waals surface area contributed by atoms with Crippen molar-refractivity contribution in [3.63, 3.8) is 0 Å². The lowest BCUT2D eigenvalue weighted by molar-refractivity contribution is 0.100. The van der Waals surface area contributed by atoms with Crippen molar-refractivity contribution in [3.05, 3.63) is 70.1 Å². The molecule has 2 aromatic carbocycles. The van der Waals surface area contributed by atoms with E-state index in [4.69, 9.17) is 0 Å². The third-order valence-corrected chi connectivity index (χ3v) is 3.44. The summed E-state index contributed by atoms with van der Waals surface area (Å²) in [6.45, 7) is 1.46. The summed E-state index contributed by atoms with van der Waals surface area (Å²) < 4.78 is 0. The minimum absolute atomic E-state index is 0.0892. The Morgan fingerprint density at radius 2 is 1.78 bits per heavy atom. The van der Waals surface area contributed by atoms with Crippen LogP contribution in [-0.4, -0.2) is 21.9 Å². The molecule has 0 saturated carbocycles. The number of Topliss-reactive ketones (excluding diaryl/α,β-unsaturated/α-hetero) is 1. The van der Waals surface area contributed by atoms with E-state index in [1.807, 2.05) is 0 Å². The Kier molecular flexibility index (Phi) is 3.72. The molecule has 0 aliphatic rings. The molecule has 1 amide bonds. The molecule has 0 unspecified atom stereocenters. The van der Waals surface area contributed by atoms with Crippen LogP contribution in [0.4, 0.5) is 5.69 Å². The molecule has 114 valence electrons. The van der Waals surface area contributed by atoms with Crippen molar-refractivity contribution in [3.8, 4) is 0 Å². The van der Waals surface area contributed by atoms with Gasteiger partial charge in [-0.15, -0.1) is 0 Å². The van der Waals surface area contributed by atoms with Crippen LogP contribution in [0.2, 0.25) is 0 Å². The molecule has 0 spiro atoms. The molecule has 0 atom stereocenters. The summed E-state index contributed by atoms with van der Waals surface area (Å²) in [5.74, 6) is -0.549. The number of hydrogen-bond donors (Lipinski definition) is 2. The number of fused-ring (bicyclic) bond motifs is 1. The summed E-state index contributed by atoms with van der Waals surface area (Å²) in [6, 6.07) is 13.4. The monoisotopic (exact) mass is 307 g/mol. The van der Waals surface area contributed by atoms with Gasteiger partial charge < -0.3 is 5.32 Å². The largest absolute Gasteiger partial charge is 0.321 e. The number of benzene rings is 2. The number of nitrogens with zero attached hydrogens (tertiary/aromatic N) is 1. The van der Waals surface area contributed by atoms with Gasteiger partial charge in [0.15, 0.2) is 11.5 Å². The molecule has 0 aliphatic heterocycles. The second-order valence-corrected chi connectivity index (χ2v) is 5.04. The lowest BCUT2D eigenvalue weighted by Gasteiger charge is -2.07. The molecule has 0 aliphatic carbocycles. The maximum absolute atomic E-state index is 12.4. The highest BCUT2D eigenvalue weighted by Crippen LogP contribution is 2.16. The van der Waals surface area contributed by atoms with Gasteiger partial charge in [-0.2, -0.15) is 5.10 Å². The van der Waals surface area contributed by atoms with Crippen LogP contribution < -0.4 is 10.9 Å². The Labute approximate surface area is 131 Å². The van der Waals surface area contributed by atoms with E-state index in [1.54, 1.807) is 48.5 Å². The fourth-order valence-corrected chi connectivity index (χ4v) is 2.29. The van der Waals surface area contributed by atoms with E-state index in [9.17, 15) is 14.4 Å². The normalized spacial score (nSPS) is 10.5. The van der Waals surface area contributed by atoms with Crippen LogP contribution in [0, 0.1) is 0 Å². The molecular formula is C17H13N3O3. The number of anilines is 1. The predicted octanol–water partition coefficient (Wildman–Crippen LogP) is 2.38. The first-order chi connectivity index (χ1) is 11.1. The van der Waals surface area contributed by atoms with Gasteiger partial charge in [0.25, 0.3) is 11.5 Å². The number of carbonyl (C=O) groups excluding carboxylic acids is 2. The van der Waals surface area contributed by atoms with Crippen molar-refractivity contribution >= 4 is 28.2 Å². The summed E-state index contributed by atoms with van der Waals surface area (Å²) in [4.78, 5) is 35.6. The maximum atomic E-state index is 12.4. The molecular weight excluding hydrogens is 294 g/mol. The predicted molar refractivity (Wildman–Crippen MR) is 86.8 cm³/mol. The fourth-order valence-electron chi connectivity index (χ4n) is 2.29. The van der Waals surface area contributed by atoms with E-state index in [0.29, 0.717) is 22.0 Å². The zero-order chi connectivity index (χ0) is 16.4. The standard InChI is InChI=1S/C17H13N3O3/c1-10(21)11-5-4-6-12(9-11)18-17(23)15-13-7-2-3-8-14(13)16(22)20-19-15/h2-9H,1H3,(H,18,23)(H,20,22). The summed E-state index contributed by atoms with van der Waals surface area (Å²) in [5, 5.41) is 9.71. The molecule has 1 heterocycles. The number of nitrogens with one attached hydrogen (secondary N) is 2. The van der Waals surface area contributed by atoms with Gasteiger partial charge in [-0.05, 0) is 25.1 Å². The second-order valence-electron chi connectivity index (χ2n) is 5.04. The molecule has 6 nitrogen and oxygen atoms in total. The summed E-state index contributed by atoms with van der Waals surface area (Å²) in [7, 11) is 0. The van der Waals surface area contributed by atoms with Gasteiger partial charge in [0.05, 0.1) is 5.39 Å². The van der Waals surface area contributed by atoms with E-state index in [1.165, 1.54) is 6.92 Å². The van der Waals surface area contributed by atoms with Gasteiger partial charge in [0, 0.05) is 16.6 Å². The van der Waals surface area contributed by atoms with Crippen LogP contribution >= 0.6 is 0 Å². The van der Waals surface area contributed by atoms with E-state index >= 15 is 0 Å². The van der Waals surface area contributed by atoms with Crippen LogP contribution in [-0.2, 0) is 0 Å². The molecule has 3 rings (SSSR count). The van der Waals surface area contributed by atoms with Gasteiger partial charge >= 0.3 is 0 Å². The Bertz CT molecular complexity index is 976. The highest BCUT2D eigenvalue weighted by Gasteiger charge is 2.14. The van der Waals surface area contributed by atoms with E-state index in [2.05, 4.69) is 15.5 Å². The minimum atomic E-state index is -0.460. The molecule has 0 bridgehead atoms. The van der Waals surface area contributed by atoms with Crippen LogP contribution in [0.15, 0.2) is 53.3 Å². The number of aromatic nitrogens is 2. The fraction of sp³-hybridized carbons (Fsp3) is 0.0588. The second kappa shape index (κ2) is 5.84. The highest BCUT2D eigenvalue weighted by molar-refractivity contribution is 6.11. The van der Waals surface area contributed by atoms with Crippen LogP contribution in [0.1, 0.15) is 27.8 Å². The third kappa shape index (κ3) is 2.87. The Morgan fingerprint density at radius 1 is 1.04 bits per heavy atom. The number of hydrogen-bond acceptors (Lipinski definition) is 4. The van der Waals surface area contributed by atoms with Gasteiger partial charge in [0.1, 0.15) is 0 Å². The Hall–Kier alpha value is -3.28. The first kappa shape index (κ1) is 14.6. The van der Waals surface area contributed by atoms with Crippen LogP contribution in [0.25, 0.3) is 10.8 Å². The molecule has 1 aromatic heterocycles. The highest BCUT2D eigenvalue weighted by atomic mass is 16.2. The van der Waals surface area contributed by atoms with Gasteiger partial charge in [-0.25, -0.2) is 5.10 Å². The summed E-state index contributed by atoms with van der Waals surface area (Å²) in [6.07, 6.45) is 0. The minimum Gasteiger partial charge on any atom is -0.321 e. The lowest BCUT2D eigenvalue weighted by atomic mass is 10.1. The topological polar surface area (TPSA) is 91.9 Å². The van der Waals surface area contributed by atoms with Crippen molar-refractivity contribution in [1.29, 1.82) is 0 Å². The number of H-pyrrole nitrogens is 1. The maximum Gasteiger partial charge on any atom is 0.276 e. The number of aromatic amines is 1. The van der Waals surface area contributed by atoms with Gasteiger partial charge in [0.2, 0.25) is 0 Å². The molecule has 0 saturated heterocycles. The molecule has 0 fully saturated rings. The number of carbonyl (C=O) groups is 2. The molecule has 2 N–H and O–H groups in total. The molecule has 3 aromatic rings. The first-order valence-electron chi connectivity index (χ1n) is 6.96. The smallest absolute Gasteiger partial charge is 0.276 e. The zero-order valence-corrected chi connectivity index (χ0v) is 12.3. The SMILES string of the molecule is CC(=O)c1cccc(NC(=O)c2n[nH]c(=O)c3ccccc23)c1. The van der Waals surface area contributed by atoms with Crippen molar-refractivity contribution in [1.82, 2.24) is 10.2 Å². The van der Waals surface area contributed by atoms with Crippen LogP contribution in [0.3, 0.4) is 0 Å². The third-order valence-electron chi connectivity index (χ3n) is 3.44. The lowest BCUT2D eigenvalue weighted by Crippen LogP contribution is -2.19. The average molecular weight is 307 g/mol. The van der Waals surface area contributed by atoms with Crippen molar-refractivity contribution < 1.29 is 9.59 Å². The molecule has 6 heteroatoms. The zero-order valence-electron chi connectivity index (χ0n) is 12.3. The number of amides is 1. The summed E-state index contributed by atoms with van der Waals surface area (Å²) >= 11 is 0. The van der Waals surface area contributed by atoms with Gasteiger partial charge in [-0.1, -0.05) is 30.3 Å². The Balaban J connectivity index is 1.99. The summed E-state index contributed by atoms with van der Waals surface area (Å²) in [5.41, 5.74) is 0.756. The number of rotatable bonds is 3. The van der Waals surface area contributed by atoms with Crippen molar-refractivity contribution in [2.45, 2.75) is 6.92 Å². The first-order valence-corrected chi connectivity index (χ1v) is 6.96. The van der Waals surface area contributed by atoms with E-state index < -0.39 is 5.91 Å².